The molecule has 1 unspecified atom stereocenters. The molecule has 1 fully saturated rings. The van der Waals surface area contributed by atoms with Gasteiger partial charge in [-0.15, -0.1) is 0 Å². The van der Waals surface area contributed by atoms with Crippen molar-refractivity contribution in [1.82, 2.24) is 0 Å². The number of hydrogen-bond acceptors (Lipinski definition) is 4. The van der Waals surface area contributed by atoms with Crippen LogP contribution in [0.25, 0.3) is 0 Å². The lowest BCUT2D eigenvalue weighted by atomic mass is 10.1. The van der Waals surface area contributed by atoms with E-state index in [4.69, 9.17) is 10.00 Å². The molecule has 94 valence electrons. The van der Waals surface area contributed by atoms with E-state index >= 15 is 0 Å². The van der Waals surface area contributed by atoms with Gasteiger partial charge in [0.1, 0.15) is 0 Å². The Morgan fingerprint density at radius 1 is 1.61 bits per heavy atom. The van der Waals surface area contributed by atoms with Gasteiger partial charge in [0.15, 0.2) is 6.10 Å². The van der Waals surface area contributed by atoms with Gasteiger partial charge in [-0.25, -0.2) is 4.79 Å². The van der Waals surface area contributed by atoms with E-state index in [-0.39, 0.29) is 5.56 Å². The summed E-state index contributed by atoms with van der Waals surface area (Å²) < 4.78 is 5.96. The Morgan fingerprint density at radius 3 is 3.06 bits per heavy atom. The molecule has 1 atom stereocenters. The number of nitrogens with zero attached hydrogens (tertiary/aromatic N) is 2. The predicted molar refractivity (Wildman–Crippen MR) is 68.7 cm³/mol. The van der Waals surface area contributed by atoms with E-state index in [9.17, 15) is 9.90 Å². The Hall–Kier alpha value is -1.58. The summed E-state index contributed by atoms with van der Waals surface area (Å²) in [5.41, 5.74) is 0.845. The number of anilines is 1. The molecular weight excluding hydrogens is 300 g/mol. The van der Waals surface area contributed by atoms with Crippen molar-refractivity contribution >= 4 is 27.6 Å². The molecule has 1 aliphatic heterocycles. The second-order valence-corrected chi connectivity index (χ2v) is 4.82. The smallest absolute Gasteiger partial charge is 0.337 e. The van der Waals surface area contributed by atoms with Crippen molar-refractivity contribution in [2.24, 2.45) is 0 Å². The lowest BCUT2D eigenvalue weighted by Gasteiger charge is -2.32. The molecule has 1 aliphatic rings. The van der Waals surface area contributed by atoms with Crippen LogP contribution in [-0.4, -0.2) is 36.9 Å². The van der Waals surface area contributed by atoms with Crippen molar-refractivity contribution in [3.8, 4) is 6.07 Å². The second kappa shape index (κ2) is 5.38. The highest BCUT2D eigenvalue weighted by atomic mass is 79.9. The molecular formula is C12H11BrN2O3. The van der Waals surface area contributed by atoms with Crippen LogP contribution in [-0.2, 0) is 4.74 Å². The zero-order chi connectivity index (χ0) is 13.1. The Bertz CT molecular complexity index is 513. The van der Waals surface area contributed by atoms with E-state index in [0.29, 0.717) is 29.9 Å². The monoisotopic (exact) mass is 310 g/mol. The number of rotatable bonds is 2. The van der Waals surface area contributed by atoms with Crippen LogP contribution >= 0.6 is 15.9 Å². The summed E-state index contributed by atoms with van der Waals surface area (Å²) in [5.74, 6) is -0.980. The fraction of sp³-hybridized carbons (Fsp3) is 0.333. The van der Waals surface area contributed by atoms with E-state index in [2.05, 4.69) is 15.9 Å². The van der Waals surface area contributed by atoms with Crippen LogP contribution in [0, 0.1) is 11.3 Å². The first-order valence-corrected chi connectivity index (χ1v) is 6.20. The first kappa shape index (κ1) is 12.9. The number of halogens is 1. The average molecular weight is 311 g/mol. The first-order chi connectivity index (χ1) is 8.61. The van der Waals surface area contributed by atoms with Crippen LogP contribution in [0.5, 0.6) is 0 Å². The molecule has 1 aromatic carbocycles. The topological polar surface area (TPSA) is 73.6 Å². The SMILES string of the molecule is N#CC1CN(c2ccc(Br)cc2C(=O)O)CCO1. The van der Waals surface area contributed by atoms with Gasteiger partial charge in [-0.05, 0) is 18.2 Å². The molecule has 0 aromatic heterocycles. The third kappa shape index (κ3) is 2.63. The van der Waals surface area contributed by atoms with Crippen molar-refractivity contribution in [3.05, 3.63) is 28.2 Å². The normalized spacial score (nSPS) is 19.3. The van der Waals surface area contributed by atoms with Crippen LogP contribution < -0.4 is 4.90 Å². The number of aromatic carboxylic acids is 1. The fourth-order valence-electron chi connectivity index (χ4n) is 1.90. The number of benzene rings is 1. The van der Waals surface area contributed by atoms with Crippen molar-refractivity contribution in [2.75, 3.05) is 24.6 Å². The lowest BCUT2D eigenvalue weighted by molar-refractivity contribution is 0.0688. The molecule has 0 saturated carbocycles. The van der Waals surface area contributed by atoms with Crippen LogP contribution in [0.15, 0.2) is 22.7 Å². The standard InChI is InChI=1S/C12H11BrN2O3/c13-8-1-2-11(10(5-8)12(16)17)15-3-4-18-9(6-14)7-15/h1-2,5,9H,3-4,7H2,(H,16,17). The van der Waals surface area contributed by atoms with Crippen molar-refractivity contribution in [1.29, 1.82) is 5.26 Å². The zero-order valence-corrected chi connectivity index (χ0v) is 11.1. The molecule has 0 aliphatic carbocycles. The number of morpholine rings is 1. The summed E-state index contributed by atoms with van der Waals surface area (Å²) in [6.07, 6.45) is -0.510. The van der Waals surface area contributed by atoms with Gasteiger partial charge in [0.05, 0.1) is 30.5 Å². The van der Waals surface area contributed by atoms with Crippen LogP contribution in [0.4, 0.5) is 5.69 Å². The highest BCUT2D eigenvalue weighted by Crippen LogP contribution is 2.26. The maximum absolute atomic E-state index is 11.2. The molecule has 0 amide bonds. The molecule has 1 aromatic rings. The molecule has 2 rings (SSSR count). The number of carboxylic acids is 1. The van der Waals surface area contributed by atoms with Crippen molar-refractivity contribution in [2.45, 2.75) is 6.10 Å². The first-order valence-electron chi connectivity index (χ1n) is 5.41. The van der Waals surface area contributed by atoms with Crippen molar-refractivity contribution in [3.63, 3.8) is 0 Å². The molecule has 5 nitrogen and oxygen atoms in total. The molecule has 0 bridgehead atoms. The number of carboxylic acid groups (broad SMARTS) is 1. The minimum Gasteiger partial charge on any atom is -0.478 e. The van der Waals surface area contributed by atoms with E-state index in [1.165, 1.54) is 0 Å². The van der Waals surface area contributed by atoms with E-state index in [1.807, 2.05) is 11.0 Å². The molecule has 1 saturated heterocycles. The molecule has 18 heavy (non-hydrogen) atoms. The van der Waals surface area contributed by atoms with E-state index in [0.717, 1.165) is 0 Å². The predicted octanol–water partition coefficient (Wildman–Crippen LogP) is 1.88. The van der Waals surface area contributed by atoms with Gasteiger partial charge in [0.2, 0.25) is 0 Å². The largest absolute Gasteiger partial charge is 0.478 e. The van der Waals surface area contributed by atoms with Gasteiger partial charge in [0, 0.05) is 11.0 Å². The molecule has 0 radical (unpaired) electrons. The number of ether oxygens (including phenoxy) is 1. The van der Waals surface area contributed by atoms with Crippen LogP contribution in [0.2, 0.25) is 0 Å². The third-order valence-electron chi connectivity index (χ3n) is 2.74. The molecule has 6 heteroatoms. The highest BCUT2D eigenvalue weighted by molar-refractivity contribution is 9.10. The summed E-state index contributed by atoms with van der Waals surface area (Å²) >= 11 is 3.26. The summed E-state index contributed by atoms with van der Waals surface area (Å²) in [5, 5.41) is 18.1. The zero-order valence-electron chi connectivity index (χ0n) is 9.47. The maximum Gasteiger partial charge on any atom is 0.337 e. The summed E-state index contributed by atoms with van der Waals surface area (Å²) in [6.45, 7) is 1.39. The molecule has 0 spiro atoms. The Labute approximate surface area is 113 Å². The van der Waals surface area contributed by atoms with E-state index in [1.54, 1.807) is 18.2 Å². The van der Waals surface area contributed by atoms with Gasteiger partial charge in [0.25, 0.3) is 0 Å². The minimum absolute atomic E-state index is 0.225. The number of carbonyl (C=O) groups is 1. The summed E-state index contributed by atoms with van der Waals surface area (Å²) in [6, 6.07) is 7.14. The van der Waals surface area contributed by atoms with Gasteiger partial charge >= 0.3 is 5.97 Å². The van der Waals surface area contributed by atoms with Crippen LogP contribution in [0.1, 0.15) is 10.4 Å². The Morgan fingerprint density at radius 2 is 2.39 bits per heavy atom. The van der Waals surface area contributed by atoms with Gasteiger partial charge in [-0.1, -0.05) is 15.9 Å². The lowest BCUT2D eigenvalue weighted by Crippen LogP contribution is -2.42. The quantitative estimate of drug-likeness (QED) is 0.902. The number of hydrogen-bond donors (Lipinski definition) is 1. The van der Waals surface area contributed by atoms with E-state index < -0.39 is 12.1 Å². The third-order valence-corrected chi connectivity index (χ3v) is 3.23. The summed E-state index contributed by atoms with van der Waals surface area (Å²) in [7, 11) is 0. The second-order valence-electron chi connectivity index (χ2n) is 3.90. The van der Waals surface area contributed by atoms with Gasteiger partial charge in [-0.2, -0.15) is 5.26 Å². The molecule has 1 heterocycles. The number of nitriles is 1. The minimum atomic E-state index is -0.980. The van der Waals surface area contributed by atoms with Crippen LogP contribution in [0.3, 0.4) is 0 Å². The fourth-order valence-corrected chi connectivity index (χ4v) is 2.26. The van der Waals surface area contributed by atoms with Gasteiger partial charge in [-0.3, -0.25) is 0 Å². The van der Waals surface area contributed by atoms with Gasteiger partial charge < -0.3 is 14.7 Å². The Kier molecular flexibility index (Phi) is 3.84. The maximum atomic E-state index is 11.2. The van der Waals surface area contributed by atoms with Crippen molar-refractivity contribution < 1.29 is 14.6 Å². The molecule has 1 N–H and O–H groups in total. The average Bonchev–Trinajstić information content (AvgIpc) is 2.38. The highest BCUT2D eigenvalue weighted by Gasteiger charge is 2.23. The summed E-state index contributed by atoms with van der Waals surface area (Å²) in [4.78, 5) is 13.1. The Balaban J connectivity index is 2.33.